The zero-order valence-electron chi connectivity index (χ0n) is 16.2. The normalized spacial score (nSPS) is 12.4. The number of aryl methyl sites for hydroxylation is 2. The number of phenols is 1. The SMILES string of the molecule is CC(C)(C)c1cc(CCc2ccc(F)cc2N)cc(C(C)(C)C)c1O. The van der Waals surface area contributed by atoms with Crippen LogP contribution in [0.5, 0.6) is 5.75 Å². The lowest BCUT2D eigenvalue weighted by Crippen LogP contribution is -2.18. The van der Waals surface area contributed by atoms with Crippen LogP contribution in [-0.2, 0) is 23.7 Å². The molecule has 0 aliphatic rings. The molecule has 0 bridgehead atoms. The maximum atomic E-state index is 13.2. The number of rotatable bonds is 3. The Morgan fingerprint density at radius 2 is 1.40 bits per heavy atom. The summed E-state index contributed by atoms with van der Waals surface area (Å²) in [6.07, 6.45) is 1.53. The van der Waals surface area contributed by atoms with Gasteiger partial charge in [0.05, 0.1) is 0 Å². The van der Waals surface area contributed by atoms with Crippen LogP contribution in [0, 0.1) is 5.82 Å². The lowest BCUT2D eigenvalue weighted by atomic mass is 9.78. The summed E-state index contributed by atoms with van der Waals surface area (Å²) in [5, 5.41) is 10.8. The minimum absolute atomic E-state index is 0.144. The molecular formula is C22H30FNO. The van der Waals surface area contributed by atoms with Crippen LogP contribution >= 0.6 is 0 Å². The van der Waals surface area contributed by atoms with Gasteiger partial charge in [-0.25, -0.2) is 4.39 Å². The van der Waals surface area contributed by atoms with Crippen LogP contribution in [0.15, 0.2) is 30.3 Å². The largest absolute Gasteiger partial charge is 0.507 e. The maximum absolute atomic E-state index is 13.2. The van der Waals surface area contributed by atoms with E-state index >= 15 is 0 Å². The van der Waals surface area contributed by atoms with Gasteiger partial charge in [0.2, 0.25) is 0 Å². The van der Waals surface area contributed by atoms with Crippen LogP contribution < -0.4 is 5.73 Å². The molecule has 25 heavy (non-hydrogen) atoms. The van der Waals surface area contributed by atoms with Gasteiger partial charge in [0.1, 0.15) is 11.6 Å². The second-order valence-electron chi connectivity index (χ2n) is 8.88. The molecule has 0 radical (unpaired) electrons. The van der Waals surface area contributed by atoms with Gasteiger partial charge < -0.3 is 10.8 Å². The van der Waals surface area contributed by atoms with Gasteiger partial charge in [-0.2, -0.15) is 0 Å². The number of anilines is 1. The molecule has 2 rings (SSSR count). The number of halogens is 1. The van der Waals surface area contributed by atoms with Gasteiger partial charge in [-0.15, -0.1) is 0 Å². The zero-order valence-corrected chi connectivity index (χ0v) is 16.2. The molecule has 2 nitrogen and oxygen atoms in total. The topological polar surface area (TPSA) is 46.2 Å². The third-order valence-electron chi connectivity index (χ3n) is 4.58. The Hall–Kier alpha value is -2.03. The summed E-state index contributed by atoms with van der Waals surface area (Å²) < 4.78 is 13.2. The molecule has 0 fully saturated rings. The molecule has 0 amide bonds. The van der Waals surface area contributed by atoms with Crippen LogP contribution in [0.25, 0.3) is 0 Å². The van der Waals surface area contributed by atoms with Crippen molar-refractivity contribution < 1.29 is 9.50 Å². The fraction of sp³-hybridized carbons (Fsp3) is 0.455. The highest BCUT2D eigenvalue weighted by Gasteiger charge is 2.26. The van der Waals surface area contributed by atoms with E-state index in [0.29, 0.717) is 11.4 Å². The second-order valence-corrected chi connectivity index (χ2v) is 8.88. The van der Waals surface area contributed by atoms with E-state index < -0.39 is 0 Å². The molecule has 0 saturated carbocycles. The smallest absolute Gasteiger partial charge is 0.125 e. The third-order valence-corrected chi connectivity index (χ3v) is 4.58. The van der Waals surface area contributed by atoms with Crippen LogP contribution in [0.1, 0.15) is 63.8 Å². The van der Waals surface area contributed by atoms with Crippen LogP contribution in [0.3, 0.4) is 0 Å². The summed E-state index contributed by atoms with van der Waals surface area (Å²) in [4.78, 5) is 0. The fourth-order valence-electron chi connectivity index (χ4n) is 3.05. The van der Waals surface area contributed by atoms with E-state index in [4.69, 9.17) is 5.73 Å². The van der Waals surface area contributed by atoms with Crippen molar-refractivity contribution in [1.29, 1.82) is 0 Å². The molecule has 0 aliphatic heterocycles. The molecule has 0 spiro atoms. The number of hydrogen-bond donors (Lipinski definition) is 2. The predicted molar refractivity (Wildman–Crippen MR) is 104 cm³/mol. The van der Waals surface area contributed by atoms with Gasteiger partial charge >= 0.3 is 0 Å². The first-order valence-corrected chi connectivity index (χ1v) is 8.80. The molecule has 2 aromatic rings. The van der Waals surface area contributed by atoms with Crippen molar-refractivity contribution in [3.8, 4) is 5.75 Å². The van der Waals surface area contributed by atoms with Gasteiger partial charge in [0.25, 0.3) is 0 Å². The first-order chi connectivity index (χ1) is 11.4. The Morgan fingerprint density at radius 3 is 1.84 bits per heavy atom. The molecule has 0 aliphatic carbocycles. The first-order valence-electron chi connectivity index (χ1n) is 8.80. The molecule has 3 N–H and O–H groups in total. The van der Waals surface area contributed by atoms with Gasteiger partial charge in [-0.3, -0.25) is 0 Å². The van der Waals surface area contributed by atoms with E-state index in [1.165, 1.54) is 12.1 Å². The minimum atomic E-state index is -0.309. The molecule has 0 unspecified atom stereocenters. The average Bonchev–Trinajstić information content (AvgIpc) is 2.45. The van der Waals surface area contributed by atoms with Gasteiger partial charge in [-0.1, -0.05) is 59.7 Å². The van der Waals surface area contributed by atoms with E-state index in [2.05, 4.69) is 53.7 Å². The molecule has 0 heterocycles. The Bertz CT molecular complexity index is 732. The highest BCUT2D eigenvalue weighted by atomic mass is 19.1. The number of benzene rings is 2. The maximum Gasteiger partial charge on any atom is 0.125 e. The summed E-state index contributed by atoms with van der Waals surface area (Å²) in [6.45, 7) is 12.6. The van der Waals surface area contributed by atoms with Gasteiger partial charge in [0.15, 0.2) is 0 Å². The van der Waals surface area contributed by atoms with Crippen molar-refractivity contribution in [2.24, 2.45) is 0 Å². The predicted octanol–water partition coefficient (Wildman–Crippen LogP) is 5.49. The quantitative estimate of drug-likeness (QED) is 0.724. The van der Waals surface area contributed by atoms with Crippen molar-refractivity contribution in [2.75, 3.05) is 5.73 Å². The molecule has 0 aromatic heterocycles. The Balaban J connectivity index is 2.40. The summed E-state index contributed by atoms with van der Waals surface area (Å²) >= 11 is 0. The van der Waals surface area contributed by atoms with Crippen molar-refractivity contribution in [3.63, 3.8) is 0 Å². The molecule has 2 aromatic carbocycles. The standard InChI is InChI=1S/C22H30FNO/c1-21(2,3)17-11-14(12-18(20(17)25)22(4,5)6)7-8-15-9-10-16(23)13-19(15)24/h9-13,25H,7-8,24H2,1-6H3. The lowest BCUT2D eigenvalue weighted by molar-refractivity contribution is 0.422. The Kier molecular flexibility index (Phi) is 5.17. The van der Waals surface area contributed by atoms with Crippen LogP contribution in [-0.4, -0.2) is 5.11 Å². The van der Waals surface area contributed by atoms with E-state index in [9.17, 15) is 9.50 Å². The first kappa shape index (κ1) is 19.3. The van der Waals surface area contributed by atoms with Crippen molar-refractivity contribution in [2.45, 2.75) is 65.2 Å². The highest BCUT2D eigenvalue weighted by Crippen LogP contribution is 2.40. The second kappa shape index (κ2) is 6.70. The summed E-state index contributed by atoms with van der Waals surface area (Å²) in [6, 6.07) is 8.74. The van der Waals surface area contributed by atoms with Crippen LogP contribution in [0.4, 0.5) is 10.1 Å². The van der Waals surface area contributed by atoms with Crippen molar-refractivity contribution >= 4 is 5.69 Å². The monoisotopic (exact) mass is 343 g/mol. The molecular weight excluding hydrogens is 313 g/mol. The summed E-state index contributed by atoms with van der Waals surface area (Å²) in [5.41, 5.74) is 10.2. The van der Waals surface area contributed by atoms with E-state index in [1.54, 1.807) is 6.07 Å². The molecule has 0 atom stereocenters. The van der Waals surface area contributed by atoms with Crippen molar-refractivity contribution in [3.05, 3.63) is 58.4 Å². The zero-order chi connectivity index (χ0) is 19.0. The number of nitrogen functional groups attached to an aromatic ring is 1. The summed E-state index contributed by atoms with van der Waals surface area (Å²) in [5.74, 6) is 0.0842. The fourth-order valence-corrected chi connectivity index (χ4v) is 3.05. The van der Waals surface area contributed by atoms with Gasteiger partial charge in [0, 0.05) is 5.69 Å². The number of phenolic OH excluding ortho intramolecular Hbond substituents is 1. The molecule has 136 valence electrons. The number of aromatic hydroxyl groups is 1. The van der Waals surface area contributed by atoms with E-state index in [1.807, 2.05) is 0 Å². The van der Waals surface area contributed by atoms with E-state index in [-0.39, 0.29) is 16.6 Å². The summed E-state index contributed by atoms with van der Waals surface area (Å²) in [7, 11) is 0. The number of nitrogens with two attached hydrogens (primary N) is 1. The van der Waals surface area contributed by atoms with Gasteiger partial charge in [-0.05, 0) is 58.1 Å². The van der Waals surface area contributed by atoms with Crippen LogP contribution in [0.2, 0.25) is 0 Å². The Morgan fingerprint density at radius 1 is 0.880 bits per heavy atom. The van der Waals surface area contributed by atoms with Crippen molar-refractivity contribution in [1.82, 2.24) is 0 Å². The molecule has 3 heteroatoms. The highest BCUT2D eigenvalue weighted by molar-refractivity contribution is 5.51. The minimum Gasteiger partial charge on any atom is -0.507 e. The third kappa shape index (κ3) is 4.53. The van der Waals surface area contributed by atoms with E-state index in [0.717, 1.165) is 35.1 Å². The Labute approximate surface area is 150 Å². The molecule has 0 saturated heterocycles. The lowest BCUT2D eigenvalue weighted by Gasteiger charge is -2.28. The average molecular weight is 343 g/mol. The number of hydrogen-bond acceptors (Lipinski definition) is 2.